The molecule has 0 bridgehead atoms. The van der Waals surface area contributed by atoms with E-state index >= 15 is 0 Å². The molecule has 3 rings (SSSR count). The van der Waals surface area contributed by atoms with Crippen LogP contribution in [0.3, 0.4) is 0 Å². The third-order valence-electron chi connectivity index (χ3n) is 4.40. The summed E-state index contributed by atoms with van der Waals surface area (Å²) in [6.45, 7) is 0. The third kappa shape index (κ3) is 2.92. The number of aromatic nitrogens is 1. The van der Waals surface area contributed by atoms with Gasteiger partial charge in [0.25, 0.3) is 5.56 Å². The second-order valence-corrected chi connectivity index (χ2v) is 5.98. The second-order valence-electron chi connectivity index (χ2n) is 5.98. The number of pyridine rings is 1. The predicted octanol–water partition coefficient (Wildman–Crippen LogP) is 3.70. The standard InChI is InChI=1S/C19H17F2NO/c1-3-4-14(16-11-13(20)7-9-17(16)21)15-8-10-18(12-5-6-12)22(2)19(15)23/h1,7-12,14H,4-6H2,2H3. The molecule has 1 aromatic heterocycles. The molecule has 4 heteroatoms. The molecule has 2 aromatic rings. The van der Waals surface area contributed by atoms with Gasteiger partial charge in [0.2, 0.25) is 0 Å². The minimum Gasteiger partial charge on any atom is -0.315 e. The Morgan fingerprint density at radius 1 is 1.26 bits per heavy atom. The first-order valence-corrected chi connectivity index (χ1v) is 7.61. The van der Waals surface area contributed by atoms with E-state index in [1.807, 2.05) is 6.07 Å². The van der Waals surface area contributed by atoms with E-state index in [-0.39, 0.29) is 17.5 Å². The van der Waals surface area contributed by atoms with E-state index in [2.05, 4.69) is 5.92 Å². The maximum atomic E-state index is 14.1. The largest absolute Gasteiger partial charge is 0.315 e. The van der Waals surface area contributed by atoms with Crippen LogP contribution in [0.2, 0.25) is 0 Å². The predicted molar refractivity (Wildman–Crippen MR) is 85.3 cm³/mol. The van der Waals surface area contributed by atoms with Gasteiger partial charge in [0.05, 0.1) is 0 Å². The van der Waals surface area contributed by atoms with Crippen molar-refractivity contribution in [3.05, 3.63) is 69.1 Å². The van der Waals surface area contributed by atoms with Crippen LogP contribution >= 0.6 is 0 Å². The van der Waals surface area contributed by atoms with E-state index in [4.69, 9.17) is 6.42 Å². The van der Waals surface area contributed by atoms with Crippen LogP contribution in [0.4, 0.5) is 8.78 Å². The fourth-order valence-electron chi connectivity index (χ4n) is 3.01. The first-order chi connectivity index (χ1) is 11.0. The zero-order chi connectivity index (χ0) is 16.6. The Balaban J connectivity index is 2.12. The summed E-state index contributed by atoms with van der Waals surface area (Å²) in [6.07, 6.45) is 7.70. The molecular weight excluding hydrogens is 296 g/mol. The highest BCUT2D eigenvalue weighted by Crippen LogP contribution is 2.39. The molecule has 0 spiro atoms. The summed E-state index contributed by atoms with van der Waals surface area (Å²) in [7, 11) is 1.72. The molecule has 0 aliphatic heterocycles. The number of terminal acetylenes is 1. The van der Waals surface area contributed by atoms with E-state index in [0.717, 1.165) is 36.7 Å². The van der Waals surface area contributed by atoms with Crippen molar-refractivity contribution in [2.45, 2.75) is 31.1 Å². The van der Waals surface area contributed by atoms with Gasteiger partial charge >= 0.3 is 0 Å². The van der Waals surface area contributed by atoms with Gasteiger partial charge < -0.3 is 4.57 Å². The molecule has 1 saturated carbocycles. The minimum atomic E-state index is -0.650. The van der Waals surface area contributed by atoms with Crippen LogP contribution in [0, 0.1) is 24.0 Å². The minimum absolute atomic E-state index is 0.124. The lowest BCUT2D eigenvalue weighted by molar-refractivity contribution is 0.573. The van der Waals surface area contributed by atoms with Gasteiger partial charge in [0.15, 0.2) is 0 Å². The Morgan fingerprint density at radius 3 is 2.65 bits per heavy atom. The van der Waals surface area contributed by atoms with Crippen molar-refractivity contribution in [2.24, 2.45) is 7.05 Å². The summed E-state index contributed by atoms with van der Waals surface area (Å²) in [5.74, 6) is 1.15. The molecule has 118 valence electrons. The molecule has 1 fully saturated rings. The fourth-order valence-corrected chi connectivity index (χ4v) is 3.01. The van der Waals surface area contributed by atoms with Crippen LogP contribution in [0.5, 0.6) is 0 Å². The van der Waals surface area contributed by atoms with Crippen LogP contribution in [0.15, 0.2) is 35.1 Å². The molecular formula is C19H17F2NO. The molecule has 0 radical (unpaired) electrons. The van der Waals surface area contributed by atoms with Crippen molar-refractivity contribution in [3.63, 3.8) is 0 Å². The smallest absolute Gasteiger partial charge is 0.254 e. The van der Waals surface area contributed by atoms with Crippen molar-refractivity contribution in [1.82, 2.24) is 4.57 Å². The number of halogens is 2. The molecule has 1 aromatic carbocycles. The van der Waals surface area contributed by atoms with E-state index in [9.17, 15) is 13.6 Å². The Bertz CT molecular complexity index is 843. The zero-order valence-electron chi connectivity index (χ0n) is 12.9. The van der Waals surface area contributed by atoms with Crippen LogP contribution < -0.4 is 5.56 Å². The Labute approximate surface area is 133 Å². The monoisotopic (exact) mass is 313 g/mol. The van der Waals surface area contributed by atoms with Gasteiger partial charge in [-0.3, -0.25) is 4.79 Å². The number of rotatable bonds is 4. The second kappa shape index (κ2) is 6.00. The first kappa shape index (κ1) is 15.5. The highest BCUT2D eigenvalue weighted by Gasteiger charge is 2.28. The van der Waals surface area contributed by atoms with Crippen LogP contribution in [-0.4, -0.2) is 4.57 Å². The molecule has 1 aliphatic carbocycles. The topological polar surface area (TPSA) is 22.0 Å². The summed E-state index contributed by atoms with van der Waals surface area (Å²) in [5.41, 5.74) is 1.31. The van der Waals surface area contributed by atoms with Crippen LogP contribution in [0.25, 0.3) is 0 Å². The number of benzene rings is 1. The lowest BCUT2D eigenvalue weighted by Crippen LogP contribution is -2.26. The molecule has 2 nitrogen and oxygen atoms in total. The van der Waals surface area contributed by atoms with Gasteiger partial charge in [-0.05, 0) is 48.6 Å². The third-order valence-corrected chi connectivity index (χ3v) is 4.40. The van der Waals surface area contributed by atoms with Crippen LogP contribution in [-0.2, 0) is 7.05 Å². The van der Waals surface area contributed by atoms with Gasteiger partial charge in [-0.15, -0.1) is 12.3 Å². The van der Waals surface area contributed by atoms with E-state index in [1.165, 1.54) is 0 Å². The highest BCUT2D eigenvalue weighted by atomic mass is 19.1. The van der Waals surface area contributed by atoms with E-state index in [1.54, 1.807) is 17.7 Å². The summed E-state index contributed by atoms with van der Waals surface area (Å²) in [4.78, 5) is 12.7. The lowest BCUT2D eigenvalue weighted by atomic mass is 9.88. The maximum absolute atomic E-state index is 14.1. The first-order valence-electron chi connectivity index (χ1n) is 7.61. The Hall–Kier alpha value is -2.41. The zero-order valence-corrected chi connectivity index (χ0v) is 12.9. The van der Waals surface area contributed by atoms with Gasteiger partial charge in [0, 0.05) is 30.6 Å². The molecule has 0 N–H and O–H groups in total. The van der Waals surface area contributed by atoms with Crippen molar-refractivity contribution in [3.8, 4) is 12.3 Å². The van der Waals surface area contributed by atoms with Gasteiger partial charge in [-0.1, -0.05) is 6.07 Å². The average Bonchev–Trinajstić information content (AvgIpc) is 3.35. The van der Waals surface area contributed by atoms with Gasteiger partial charge in [0.1, 0.15) is 11.6 Å². The summed E-state index contributed by atoms with van der Waals surface area (Å²) in [5, 5.41) is 0. The van der Waals surface area contributed by atoms with Crippen molar-refractivity contribution in [2.75, 3.05) is 0 Å². The molecule has 0 amide bonds. The van der Waals surface area contributed by atoms with Gasteiger partial charge in [-0.2, -0.15) is 0 Å². The Morgan fingerprint density at radius 2 is 2.00 bits per heavy atom. The quantitative estimate of drug-likeness (QED) is 0.789. The van der Waals surface area contributed by atoms with Crippen molar-refractivity contribution >= 4 is 0 Å². The lowest BCUT2D eigenvalue weighted by Gasteiger charge is -2.18. The molecule has 1 heterocycles. The number of hydrogen-bond acceptors (Lipinski definition) is 1. The van der Waals surface area contributed by atoms with Crippen molar-refractivity contribution in [1.29, 1.82) is 0 Å². The van der Waals surface area contributed by atoms with Gasteiger partial charge in [-0.25, -0.2) is 8.78 Å². The fraction of sp³-hybridized carbons (Fsp3) is 0.316. The SMILES string of the molecule is C#CCC(c1cc(F)ccc1F)c1ccc(C2CC2)n(C)c1=O. The summed E-state index contributed by atoms with van der Waals surface area (Å²) in [6, 6.07) is 6.85. The summed E-state index contributed by atoms with van der Waals surface area (Å²) < 4.78 is 29.3. The molecule has 1 unspecified atom stereocenters. The van der Waals surface area contributed by atoms with E-state index < -0.39 is 17.6 Å². The highest BCUT2D eigenvalue weighted by molar-refractivity contribution is 5.35. The van der Waals surface area contributed by atoms with Crippen molar-refractivity contribution < 1.29 is 8.78 Å². The van der Waals surface area contributed by atoms with E-state index in [0.29, 0.717) is 11.5 Å². The summed E-state index contributed by atoms with van der Waals surface area (Å²) >= 11 is 0. The number of nitrogens with zero attached hydrogens (tertiary/aromatic N) is 1. The molecule has 0 saturated heterocycles. The molecule has 23 heavy (non-hydrogen) atoms. The number of hydrogen-bond donors (Lipinski definition) is 0. The average molecular weight is 313 g/mol. The van der Waals surface area contributed by atoms with Crippen LogP contribution in [0.1, 0.15) is 47.9 Å². The maximum Gasteiger partial charge on any atom is 0.254 e. The molecule has 1 atom stereocenters. The molecule has 1 aliphatic rings. The normalized spacial score (nSPS) is 15.2. The Kier molecular flexibility index (Phi) is 4.04.